The number of hydrogen-bond donors (Lipinski definition) is 0. The lowest BCUT2D eigenvalue weighted by atomic mass is 10.1. The van der Waals surface area contributed by atoms with Crippen molar-refractivity contribution in [1.82, 2.24) is 14.8 Å². The molecule has 0 unspecified atom stereocenters. The maximum atomic E-state index is 12.7. The fourth-order valence-electron chi connectivity index (χ4n) is 3.93. The molecule has 0 aliphatic carbocycles. The Hall–Kier alpha value is -2.50. The van der Waals surface area contributed by atoms with Crippen molar-refractivity contribution < 1.29 is 4.79 Å². The maximum absolute atomic E-state index is 12.7. The van der Waals surface area contributed by atoms with Crippen molar-refractivity contribution in [2.45, 2.75) is 19.4 Å². The van der Waals surface area contributed by atoms with Crippen LogP contribution in [0.2, 0.25) is 0 Å². The third kappa shape index (κ3) is 4.86. The fourth-order valence-corrected chi connectivity index (χ4v) is 3.93. The van der Waals surface area contributed by atoms with E-state index in [9.17, 15) is 4.79 Å². The zero-order chi connectivity index (χ0) is 19.2. The van der Waals surface area contributed by atoms with E-state index in [0.29, 0.717) is 13.1 Å². The Kier molecular flexibility index (Phi) is 6.14. The second kappa shape index (κ2) is 9.13. The summed E-state index contributed by atoms with van der Waals surface area (Å²) in [6, 6.07) is 20.8. The molecule has 0 bridgehead atoms. The minimum atomic E-state index is 0.113. The minimum absolute atomic E-state index is 0.113. The quantitative estimate of drug-likeness (QED) is 0.806. The van der Waals surface area contributed by atoms with Crippen LogP contribution in [0.15, 0.2) is 65.8 Å². The molecular weight excluding hydrogens is 348 g/mol. The van der Waals surface area contributed by atoms with Gasteiger partial charge in [-0.3, -0.25) is 14.6 Å². The number of amides is 1. The summed E-state index contributed by atoms with van der Waals surface area (Å²) in [6.45, 7) is 6.13. The predicted octanol–water partition coefficient (Wildman–Crippen LogP) is 2.83. The first-order valence-corrected chi connectivity index (χ1v) is 10.2. The van der Waals surface area contributed by atoms with Crippen LogP contribution in [-0.4, -0.2) is 65.7 Å². The zero-order valence-electron chi connectivity index (χ0n) is 16.3. The van der Waals surface area contributed by atoms with Gasteiger partial charge < -0.3 is 0 Å². The lowest BCUT2D eigenvalue weighted by molar-refractivity contribution is -0.131. The number of hydrogen-bond acceptors (Lipinski definition) is 4. The van der Waals surface area contributed by atoms with Crippen LogP contribution in [0.5, 0.6) is 0 Å². The molecule has 146 valence electrons. The summed E-state index contributed by atoms with van der Waals surface area (Å²) >= 11 is 0. The average molecular weight is 377 g/mol. The van der Waals surface area contributed by atoms with E-state index >= 15 is 0 Å². The van der Waals surface area contributed by atoms with Gasteiger partial charge >= 0.3 is 0 Å². The van der Waals surface area contributed by atoms with Gasteiger partial charge in [-0.1, -0.05) is 60.7 Å². The highest BCUT2D eigenvalue weighted by Gasteiger charge is 2.24. The van der Waals surface area contributed by atoms with Crippen LogP contribution in [0, 0.1) is 0 Å². The smallest absolute Gasteiger partial charge is 0.256 e. The first-order valence-electron chi connectivity index (χ1n) is 10.2. The Morgan fingerprint density at radius 2 is 1.50 bits per heavy atom. The fraction of sp³-hybridized carbons (Fsp3) is 0.391. The van der Waals surface area contributed by atoms with E-state index in [4.69, 9.17) is 0 Å². The largest absolute Gasteiger partial charge is 0.298 e. The summed E-state index contributed by atoms with van der Waals surface area (Å²) in [6.07, 6.45) is 1.93. The summed E-state index contributed by atoms with van der Waals surface area (Å²) in [5.74, 6) is 0.113. The number of rotatable bonds is 5. The summed E-state index contributed by atoms with van der Waals surface area (Å²) in [5, 5.41) is 6.24. The molecule has 5 heteroatoms. The van der Waals surface area contributed by atoms with Gasteiger partial charge in [0.25, 0.3) is 5.91 Å². The lowest BCUT2D eigenvalue weighted by Crippen LogP contribution is -2.39. The average Bonchev–Trinajstić information content (AvgIpc) is 3.14. The van der Waals surface area contributed by atoms with Crippen molar-refractivity contribution in [1.29, 1.82) is 0 Å². The van der Waals surface area contributed by atoms with E-state index in [1.54, 1.807) is 5.01 Å². The molecule has 2 aromatic carbocycles. The predicted molar refractivity (Wildman–Crippen MR) is 112 cm³/mol. The van der Waals surface area contributed by atoms with Crippen LogP contribution in [0.25, 0.3) is 0 Å². The van der Waals surface area contributed by atoms with Gasteiger partial charge in [-0.25, -0.2) is 5.01 Å². The van der Waals surface area contributed by atoms with Crippen molar-refractivity contribution >= 4 is 11.6 Å². The Bertz CT molecular complexity index is 806. The number of benzene rings is 2. The standard InChI is InChI=1S/C23H28N4O/c28-23(27-15-12-22(24-27)21-10-5-2-6-11-21)19-26-14-7-13-25(16-17-26)18-20-8-3-1-4-9-20/h1-6,8-11H,7,12-19H2. The van der Waals surface area contributed by atoms with E-state index in [1.807, 2.05) is 18.2 Å². The van der Waals surface area contributed by atoms with Crippen LogP contribution in [0.1, 0.15) is 24.0 Å². The molecule has 2 aliphatic heterocycles. The number of nitrogens with zero attached hydrogens (tertiary/aromatic N) is 4. The molecular formula is C23H28N4O. The lowest BCUT2D eigenvalue weighted by Gasteiger charge is -2.22. The van der Waals surface area contributed by atoms with Crippen molar-refractivity contribution in [3.63, 3.8) is 0 Å². The molecule has 0 radical (unpaired) electrons. The third-order valence-corrected chi connectivity index (χ3v) is 5.49. The molecule has 28 heavy (non-hydrogen) atoms. The molecule has 2 aliphatic rings. The molecule has 2 aromatic rings. The molecule has 5 nitrogen and oxygen atoms in total. The normalized spacial score (nSPS) is 18.7. The van der Waals surface area contributed by atoms with Crippen molar-refractivity contribution in [3.8, 4) is 0 Å². The zero-order valence-corrected chi connectivity index (χ0v) is 16.3. The van der Waals surface area contributed by atoms with Gasteiger partial charge in [0, 0.05) is 26.1 Å². The van der Waals surface area contributed by atoms with E-state index in [0.717, 1.165) is 56.8 Å². The van der Waals surface area contributed by atoms with Gasteiger partial charge in [-0.2, -0.15) is 5.10 Å². The minimum Gasteiger partial charge on any atom is -0.298 e. The number of carbonyl (C=O) groups is 1. The number of hydrazone groups is 1. The molecule has 0 spiro atoms. The van der Waals surface area contributed by atoms with Crippen LogP contribution < -0.4 is 0 Å². The molecule has 4 rings (SSSR count). The van der Waals surface area contributed by atoms with Gasteiger partial charge in [-0.15, -0.1) is 0 Å². The van der Waals surface area contributed by atoms with Crippen molar-refractivity contribution in [2.75, 3.05) is 39.3 Å². The van der Waals surface area contributed by atoms with Crippen molar-refractivity contribution in [3.05, 3.63) is 71.8 Å². The monoisotopic (exact) mass is 376 g/mol. The molecule has 0 N–H and O–H groups in total. The van der Waals surface area contributed by atoms with E-state index < -0.39 is 0 Å². The number of carbonyl (C=O) groups excluding carboxylic acids is 1. The van der Waals surface area contributed by atoms with Gasteiger partial charge in [-0.05, 0) is 30.6 Å². The first-order chi connectivity index (χ1) is 13.8. The highest BCUT2D eigenvalue weighted by Crippen LogP contribution is 2.15. The topological polar surface area (TPSA) is 39.2 Å². The molecule has 0 aromatic heterocycles. The van der Waals surface area contributed by atoms with Gasteiger partial charge in [0.15, 0.2) is 0 Å². The molecule has 2 heterocycles. The Morgan fingerprint density at radius 3 is 2.29 bits per heavy atom. The van der Waals surface area contributed by atoms with Crippen LogP contribution in [0.4, 0.5) is 0 Å². The Balaban J connectivity index is 1.29. The van der Waals surface area contributed by atoms with E-state index in [2.05, 4.69) is 57.4 Å². The van der Waals surface area contributed by atoms with E-state index in [1.165, 1.54) is 5.56 Å². The third-order valence-electron chi connectivity index (χ3n) is 5.49. The summed E-state index contributed by atoms with van der Waals surface area (Å²) in [5.41, 5.74) is 3.48. The van der Waals surface area contributed by atoms with Crippen LogP contribution >= 0.6 is 0 Å². The second-order valence-corrected chi connectivity index (χ2v) is 7.57. The molecule has 0 atom stereocenters. The van der Waals surface area contributed by atoms with E-state index in [-0.39, 0.29) is 5.91 Å². The SMILES string of the molecule is O=C(CN1CCCN(Cc2ccccc2)CC1)N1CCC(c2ccccc2)=N1. The highest BCUT2D eigenvalue weighted by molar-refractivity contribution is 6.02. The molecule has 0 saturated carbocycles. The van der Waals surface area contributed by atoms with Gasteiger partial charge in [0.2, 0.25) is 0 Å². The Morgan fingerprint density at radius 1 is 0.821 bits per heavy atom. The molecule has 1 fully saturated rings. The highest BCUT2D eigenvalue weighted by atomic mass is 16.2. The maximum Gasteiger partial charge on any atom is 0.256 e. The van der Waals surface area contributed by atoms with Gasteiger partial charge in [0.05, 0.1) is 18.8 Å². The van der Waals surface area contributed by atoms with Crippen molar-refractivity contribution in [2.24, 2.45) is 5.10 Å². The molecule has 1 saturated heterocycles. The van der Waals surface area contributed by atoms with Crippen LogP contribution in [-0.2, 0) is 11.3 Å². The second-order valence-electron chi connectivity index (χ2n) is 7.57. The van der Waals surface area contributed by atoms with Gasteiger partial charge in [0.1, 0.15) is 0 Å². The summed E-state index contributed by atoms with van der Waals surface area (Å²) in [7, 11) is 0. The summed E-state index contributed by atoms with van der Waals surface area (Å²) < 4.78 is 0. The first kappa shape index (κ1) is 18.8. The summed E-state index contributed by atoms with van der Waals surface area (Å²) in [4.78, 5) is 17.5. The Labute approximate surface area is 167 Å². The van der Waals surface area contributed by atoms with Crippen LogP contribution in [0.3, 0.4) is 0 Å². The molecule has 1 amide bonds.